The maximum absolute atomic E-state index is 12.6. The molecule has 0 aliphatic carbocycles. The highest BCUT2D eigenvalue weighted by Gasteiger charge is 2.42. The minimum absolute atomic E-state index is 0.0263. The number of hydrogen-bond acceptors (Lipinski definition) is 2. The normalized spacial score (nSPS) is 13.2. The molecule has 0 saturated heterocycles. The van der Waals surface area contributed by atoms with Crippen LogP contribution in [0.1, 0.15) is 0 Å². The average Bonchev–Trinajstić information content (AvgIpc) is 2.23. The summed E-state index contributed by atoms with van der Waals surface area (Å²) < 4.78 is 42.7. The molecule has 0 radical (unpaired) electrons. The lowest BCUT2D eigenvalue weighted by Crippen LogP contribution is -2.38. The number of alkyl halides is 3. The predicted octanol–water partition coefficient (Wildman–Crippen LogP) is 4.49. The van der Waals surface area contributed by atoms with Crippen molar-refractivity contribution in [2.45, 2.75) is 6.18 Å². The summed E-state index contributed by atoms with van der Waals surface area (Å²) in [4.78, 5) is -0.705. The molecule has 19 heavy (non-hydrogen) atoms. The van der Waals surface area contributed by atoms with Crippen LogP contribution in [-0.4, -0.2) is 17.8 Å². The lowest BCUT2D eigenvalue weighted by Gasteiger charge is -2.19. The molecule has 1 rings (SSSR count). The minimum atomic E-state index is -4.59. The van der Waals surface area contributed by atoms with Crippen molar-refractivity contribution >= 4 is 52.0 Å². The summed E-state index contributed by atoms with van der Waals surface area (Å²) in [6.45, 7) is -0.781. The molecule has 0 fully saturated rings. The molecule has 0 bridgehead atoms. The van der Waals surface area contributed by atoms with Gasteiger partial charge in [0.05, 0.1) is 20.1 Å². The lowest BCUT2D eigenvalue weighted by atomic mass is 10.1. The minimum Gasteiger partial charge on any atom is -0.491 e. The Bertz CT molecular complexity index is 496. The average molecular weight is 353 g/mol. The van der Waals surface area contributed by atoms with Gasteiger partial charge in [-0.25, -0.2) is 0 Å². The third-order valence-corrected chi connectivity index (χ3v) is 3.42. The number of hydrogen-bond donors (Lipinski definition) is 1. The van der Waals surface area contributed by atoms with E-state index in [9.17, 15) is 13.2 Å². The van der Waals surface area contributed by atoms with E-state index in [1.165, 1.54) is 12.1 Å². The van der Waals surface area contributed by atoms with E-state index in [4.69, 9.17) is 45.3 Å². The van der Waals surface area contributed by atoms with Crippen LogP contribution in [0.25, 0.3) is 0 Å². The van der Waals surface area contributed by atoms with Gasteiger partial charge in [-0.15, -0.1) is 0 Å². The highest BCUT2D eigenvalue weighted by atomic mass is 35.5. The largest absolute Gasteiger partial charge is 0.491 e. The molecular formula is C10H7Cl3F3NOS. The lowest BCUT2D eigenvalue weighted by molar-refractivity contribution is -0.161. The van der Waals surface area contributed by atoms with Crippen molar-refractivity contribution in [3.05, 3.63) is 27.2 Å². The first-order valence-corrected chi connectivity index (χ1v) is 6.30. The molecule has 0 aliphatic heterocycles. The zero-order valence-electron chi connectivity index (χ0n) is 9.10. The summed E-state index contributed by atoms with van der Waals surface area (Å²) in [5.74, 6) is -2.09. The Balaban J connectivity index is 2.86. The molecule has 0 saturated carbocycles. The highest BCUT2D eigenvalue weighted by Crippen LogP contribution is 2.35. The van der Waals surface area contributed by atoms with Crippen molar-refractivity contribution in [2.24, 2.45) is 11.7 Å². The van der Waals surface area contributed by atoms with E-state index in [2.05, 4.69) is 12.2 Å². The molecule has 1 aromatic carbocycles. The van der Waals surface area contributed by atoms with Crippen LogP contribution in [0.3, 0.4) is 0 Å². The molecule has 9 heteroatoms. The molecule has 0 amide bonds. The zero-order chi connectivity index (χ0) is 14.8. The van der Waals surface area contributed by atoms with Crippen molar-refractivity contribution < 1.29 is 17.9 Å². The first-order chi connectivity index (χ1) is 8.62. The van der Waals surface area contributed by atoms with E-state index in [-0.39, 0.29) is 20.8 Å². The van der Waals surface area contributed by atoms with Crippen molar-refractivity contribution in [2.75, 3.05) is 6.61 Å². The Morgan fingerprint density at radius 1 is 1.21 bits per heavy atom. The van der Waals surface area contributed by atoms with E-state index in [1.54, 1.807) is 0 Å². The van der Waals surface area contributed by atoms with Crippen LogP contribution < -0.4 is 10.5 Å². The van der Waals surface area contributed by atoms with Gasteiger partial charge in [0, 0.05) is 6.07 Å². The van der Waals surface area contributed by atoms with Crippen molar-refractivity contribution in [1.29, 1.82) is 0 Å². The third kappa shape index (κ3) is 4.56. The van der Waals surface area contributed by atoms with Crippen molar-refractivity contribution in [3.63, 3.8) is 0 Å². The molecule has 0 aliphatic rings. The number of nitrogens with two attached hydrogens (primary N) is 1. The molecule has 0 spiro atoms. The standard InChI is InChI=1S/C10H7Cl3F3NOS/c11-5-1-7(13)8(2-6(5)12)18-3-4(9(17)19)10(14,15)16/h1-2,4H,3H2,(H2,17,19). The van der Waals surface area contributed by atoms with Gasteiger partial charge in [0.25, 0.3) is 0 Å². The molecule has 2 nitrogen and oxygen atoms in total. The van der Waals surface area contributed by atoms with E-state index in [0.29, 0.717) is 0 Å². The van der Waals surface area contributed by atoms with Gasteiger partial charge >= 0.3 is 6.18 Å². The Kier molecular flexibility index (Phi) is 5.55. The SMILES string of the molecule is NC(=S)C(COc1cc(Cl)c(Cl)cc1Cl)C(F)(F)F. The molecule has 1 unspecified atom stereocenters. The van der Waals surface area contributed by atoms with Crippen LogP contribution in [0, 0.1) is 5.92 Å². The smallest absolute Gasteiger partial charge is 0.401 e. The fourth-order valence-electron chi connectivity index (χ4n) is 1.13. The van der Waals surface area contributed by atoms with Crippen LogP contribution in [0.15, 0.2) is 12.1 Å². The number of rotatable bonds is 4. The van der Waals surface area contributed by atoms with Gasteiger partial charge in [-0.2, -0.15) is 13.2 Å². The van der Waals surface area contributed by atoms with Crippen LogP contribution in [-0.2, 0) is 0 Å². The number of ether oxygens (including phenoxy) is 1. The topological polar surface area (TPSA) is 35.2 Å². The number of thiocarbonyl (C=S) groups is 1. The Labute approximate surface area is 127 Å². The van der Waals surface area contributed by atoms with E-state index in [1.807, 2.05) is 0 Å². The van der Waals surface area contributed by atoms with Crippen LogP contribution in [0.4, 0.5) is 13.2 Å². The molecule has 0 heterocycles. The zero-order valence-corrected chi connectivity index (χ0v) is 12.2. The van der Waals surface area contributed by atoms with Crippen LogP contribution in [0.5, 0.6) is 5.75 Å². The molecule has 2 N–H and O–H groups in total. The van der Waals surface area contributed by atoms with Crippen molar-refractivity contribution in [3.8, 4) is 5.75 Å². The van der Waals surface area contributed by atoms with Gasteiger partial charge in [-0.3, -0.25) is 0 Å². The van der Waals surface area contributed by atoms with Crippen LogP contribution >= 0.6 is 47.0 Å². The molecule has 0 aromatic heterocycles. The Morgan fingerprint density at radius 3 is 2.21 bits per heavy atom. The second-order valence-electron chi connectivity index (χ2n) is 3.50. The van der Waals surface area contributed by atoms with Gasteiger partial charge in [0.2, 0.25) is 0 Å². The first kappa shape index (κ1) is 16.6. The third-order valence-electron chi connectivity index (χ3n) is 2.12. The van der Waals surface area contributed by atoms with Gasteiger partial charge < -0.3 is 10.5 Å². The maximum Gasteiger partial charge on any atom is 0.401 e. The number of halogens is 6. The first-order valence-electron chi connectivity index (χ1n) is 4.76. The summed E-state index contributed by atoms with van der Waals surface area (Å²) in [7, 11) is 0. The second kappa shape index (κ2) is 6.35. The van der Waals surface area contributed by atoms with E-state index < -0.39 is 23.7 Å². The van der Waals surface area contributed by atoms with Gasteiger partial charge in [-0.05, 0) is 6.07 Å². The summed E-state index contributed by atoms with van der Waals surface area (Å²) in [5, 5.41) is 0.318. The molecule has 1 aromatic rings. The monoisotopic (exact) mass is 351 g/mol. The van der Waals surface area contributed by atoms with E-state index in [0.717, 1.165) is 0 Å². The number of benzene rings is 1. The summed E-state index contributed by atoms with van der Waals surface area (Å²) >= 11 is 21.5. The second-order valence-corrected chi connectivity index (χ2v) is 5.20. The molecule has 1 atom stereocenters. The van der Waals surface area contributed by atoms with Gasteiger partial charge in [-0.1, -0.05) is 47.0 Å². The molecule has 106 valence electrons. The Hall–Kier alpha value is -0.430. The summed E-state index contributed by atoms with van der Waals surface area (Å²) in [5.41, 5.74) is 5.03. The van der Waals surface area contributed by atoms with Crippen molar-refractivity contribution in [1.82, 2.24) is 0 Å². The Morgan fingerprint density at radius 2 is 1.74 bits per heavy atom. The fourth-order valence-corrected chi connectivity index (χ4v) is 1.92. The quantitative estimate of drug-likeness (QED) is 0.640. The van der Waals surface area contributed by atoms with Gasteiger partial charge in [0.15, 0.2) is 0 Å². The van der Waals surface area contributed by atoms with Crippen LogP contribution in [0.2, 0.25) is 15.1 Å². The summed E-state index contributed by atoms with van der Waals surface area (Å²) in [6, 6.07) is 2.49. The maximum atomic E-state index is 12.6. The summed E-state index contributed by atoms with van der Waals surface area (Å²) in [6.07, 6.45) is -4.59. The predicted molar refractivity (Wildman–Crippen MR) is 73.3 cm³/mol. The van der Waals surface area contributed by atoms with E-state index >= 15 is 0 Å². The fraction of sp³-hybridized carbons (Fsp3) is 0.300. The highest BCUT2D eigenvalue weighted by molar-refractivity contribution is 7.80. The molecular weight excluding hydrogens is 346 g/mol. The van der Waals surface area contributed by atoms with Gasteiger partial charge in [0.1, 0.15) is 18.3 Å².